The molecule has 2 heteroatoms. The Morgan fingerprint density at radius 3 is 1.82 bits per heavy atom. The Bertz CT molecular complexity index is 388. The first-order valence-electron chi connectivity index (χ1n) is 6.49. The lowest BCUT2D eigenvalue weighted by molar-refractivity contribution is 0.246. The van der Waals surface area contributed by atoms with E-state index >= 15 is 0 Å². The topological polar surface area (TPSA) is 6.48 Å². The molecule has 0 saturated carbocycles. The maximum absolute atomic E-state index is 2.49. The molecule has 0 unspecified atom stereocenters. The van der Waals surface area contributed by atoms with Crippen molar-refractivity contribution in [2.45, 2.75) is 32.4 Å². The SMILES string of the molecule is CC1=C[C@@H]2[C@@H]3C=C(C)C=CN3CCCN2C=C1. The van der Waals surface area contributed by atoms with E-state index in [-0.39, 0.29) is 0 Å². The van der Waals surface area contributed by atoms with Crippen LogP contribution >= 0.6 is 0 Å². The van der Waals surface area contributed by atoms with E-state index in [0.29, 0.717) is 12.1 Å². The molecule has 3 aliphatic heterocycles. The minimum absolute atomic E-state index is 0.502. The van der Waals surface area contributed by atoms with E-state index in [1.54, 1.807) is 0 Å². The van der Waals surface area contributed by atoms with Gasteiger partial charge in [0.25, 0.3) is 0 Å². The van der Waals surface area contributed by atoms with Gasteiger partial charge in [-0.15, -0.1) is 0 Å². The molecular formula is C15H20N2. The smallest absolute Gasteiger partial charge is 0.0713 e. The van der Waals surface area contributed by atoms with Crippen molar-refractivity contribution in [1.82, 2.24) is 9.80 Å². The molecule has 3 aliphatic rings. The first kappa shape index (κ1) is 10.7. The molecule has 3 heterocycles. The van der Waals surface area contributed by atoms with Crippen LogP contribution in [0.3, 0.4) is 0 Å². The van der Waals surface area contributed by atoms with Crippen LogP contribution in [-0.4, -0.2) is 35.0 Å². The fraction of sp³-hybridized carbons (Fsp3) is 0.467. The molecular weight excluding hydrogens is 208 g/mol. The van der Waals surface area contributed by atoms with Crippen molar-refractivity contribution in [1.29, 1.82) is 0 Å². The molecule has 0 aromatic rings. The molecule has 0 radical (unpaired) electrons. The first-order valence-corrected chi connectivity index (χ1v) is 6.49. The summed E-state index contributed by atoms with van der Waals surface area (Å²) in [6.07, 6.45) is 15.0. The summed E-state index contributed by atoms with van der Waals surface area (Å²) >= 11 is 0. The molecule has 1 fully saturated rings. The van der Waals surface area contributed by atoms with E-state index in [4.69, 9.17) is 0 Å². The van der Waals surface area contributed by atoms with Gasteiger partial charge >= 0.3 is 0 Å². The standard InChI is InChI=1S/C15H20N2/c1-12-4-8-16-6-3-7-17-9-5-13(2)11-15(17)14(16)10-12/h4-5,8-11,14-15H,3,6-7H2,1-2H3/t14-,15+. The van der Waals surface area contributed by atoms with E-state index in [2.05, 4.69) is 60.4 Å². The highest BCUT2D eigenvalue weighted by Gasteiger charge is 2.31. The summed E-state index contributed by atoms with van der Waals surface area (Å²) in [5, 5.41) is 0. The zero-order valence-corrected chi connectivity index (χ0v) is 10.6. The molecule has 0 aromatic heterocycles. The normalized spacial score (nSPS) is 31.4. The van der Waals surface area contributed by atoms with Gasteiger partial charge in [-0.25, -0.2) is 0 Å². The number of nitrogens with zero attached hydrogens (tertiary/aromatic N) is 2. The first-order chi connectivity index (χ1) is 8.24. The van der Waals surface area contributed by atoms with E-state index in [0.717, 1.165) is 0 Å². The van der Waals surface area contributed by atoms with Crippen LogP contribution in [0.25, 0.3) is 0 Å². The average molecular weight is 228 g/mol. The molecule has 0 amide bonds. The van der Waals surface area contributed by atoms with Crippen molar-refractivity contribution >= 4 is 0 Å². The van der Waals surface area contributed by atoms with Crippen LogP contribution in [-0.2, 0) is 0 Å². The van der Waals surface area contributed by atoms with Gasteiger partial charge in [-0.3, -0.25) is 0 Å². The highest BCUT2D eigenvalue weighted by atomic mass is 15.3. The van der Waals surface area contributed by atoms with Gasteiger partial charge in [0.1, 0.15) is 0 Å². The van der Waals surface area contributed by atoms with Gasteiger partial charge in [0, 0.05) is 13.1 Å². The molecule has 0 N–H and O–H groups in total. The second kappa shape index (κ2) is 4.10. The Kier molecular flexibility index (Phi) is 2.58. The summed E-state index contributed by atoms with van der Waals surface area (Å²) in [4.78, 5) is 4.97. The summed E-state index contributed by atoms with van der Waals surface area (Å²) < 4.78 is 0. The maximum atomic E-state index is 2.49. The van der Waals surface area contributed by atoms with E-state index < -0.39 is 0 Å². The van der Waals surface area contributed by atoms with Crippen LogP contribution in [0.5, 0.6) is 0 Å². The zero-order chi connectivity index (χ0) is 11.8. The monoisotopic (exact) mass is 228 g/mol. The fourth-order valence-corrected chi connectivity index (χ4v) is 2.94. The zero-order valence-electron chi connectivity index (χ0n) is 10.6. The Labute approximate surface area is 104 Å². The Balaban J connectivity index is 1.96. The van der Waals surface area contributed by atoms with Gasteiger partial charge in [-0.1, -0.05) is 23.3 Å². The van der Waals surface area contributed by atoms with Crippen molar-refractivity contribution in [3.05, 3.63) is 47.9 Å². The lowest BCUT2D eigenvalue weighted by Crippen LogP contribution is -2.45. The minimum Gasteiger partial charge on any atom is -0.369 e. The predicted molar refractivity (Wildman–Crippen MR) is 71.4 cm³/mol. The number of rotatable bonds is 0. The third-order valence-electron chi connectivity index (χ3n) is 3.87. The second-order valence-corrected chi connectivity index (χ2v) is 5.26. The van der Waals surface area contributed by atoms with Crippen molar-refractivity contribution in [3.63, 3.8) is 0 Å². The summed E-state index contributed by atoms with van der Waals surface area (Å²) in [5.74, 6) is 0. The second-order valence-electron chi connectivity index (χ2n) is 5.26. The molecule has 0 spiro atoms. The van der Waals surface area contributed by atoms with Crippen LogP contribution < -0.4 is 0 Å². The van der Waals surface area contributed by atoms with Crippen molar-refractivity contribution < 1.29 is 0 Å². The van der Waals surface area contributed by atoms with Gasteiger partial charge in [0.15, 0.2) is 0 Å². The molecule has 0 aliphatic carbocycles. The van der Waals surface area contributed by atoms with Crippen LogP contribution in [0.15, 0.2) is 47.9 Å². The fourth-order valence-electron chi connectivity index (χ4n) is 2.94. The Morgan fingerprint density at radius 1 is 0.882 bits per heavy atom. The molecule has 1 saturated heterocycles. The largest absolute Gasteiger partial charge is 0.369 e. The van der Waals surface area contributed by atoms with Crippen LogP contribution in [0, 0.1) is 0 Å². The third-order valence-corrected chi connectivity index (χ3v) is 3.87. The lowest BCUT2D eigenvalue weighted by Gasteiger charge is -2.38. The van der Waals surface area contributed by atoms with E-state index in [9.17, 15) is 0 Å². The number of hydrogen-bond acceptors (Lipinski definition) is 2. The number of fused-ring (bicyclic) bond motifs is 3. The summed E-state index contributed by atoms with van der Waals surface area (Å²) in [5.41, 5.74) is 2.77. The number of hydrogen-bond donors (Lipinski definition) is 0. The van der Waals surface area contributed by atoms with Gasteiger partial charge < -0.3 is 9.80 Å². The summed E-state index contributed by atoms with van der Waals surface area (Å²) in [6.45, 7) is 6.72. The molecule has 2 atom stereocenters. The molecule has 2 nitrogen and oxygen atoms in total. The van der Waals surface area contributed by atoms with Crippen molar-refractivity contribution in [2.24, 2.45) is 0 Å². The van der Waals surface area contributed by atoms with Crippen molar-refractivity contribution in [3.8, 4) is 0 Å². The minimum atomic E-state index is 0.502. The maximum Gasteiger partial charge on any atom is 0.0713 e. The van der Waals surface area contributed by atoms with Crippen molar-refractivity contribution in [2.75, 3.05) is 13.1 Å². The predicted octanol–water partition coefficient (Wildman–Crippen LogP) is 2.68. The quantitative estimate of drug-likeness (QED) is 0.629. The highest BCUT2D eigenvalue weighted by molar-refractivity contribution is 5.31. The molecule has 17 heavy (non-hydrogen) atoms. The average Bonchev–Trinajstić information content (AvgIpc) is 2.48. The van der Waals surface area contributed by atoms with Gasteiger partial charge in [-0.2, -0.15) is 0 Å². The third kappa shape index (κ3) is 1.92. The van der Waals surface area contributed by atoms with E-state index in [1.807, 2.05) is 0 Å². The molecule has 90 valence electrons. The molecule has 0 bridgehead atoms. The lowest BCUT2D eigenvalue weighted by atomic mass is 9.97. The van der Waals surface area contributed by atoms with Gasteiger partial charge in [0.05, 0.1) is 12.1 Å². The molecule has 3 rings (SSSR count). The summed E-state index contributed by atoms with van der Waals surface area (Å²) in [6, 6.07) is 1.00. The number of allylic oxidation sites excluding steroid dienone is 4. The van der Waals surface area contributed by atoms with Crippen LogP contribution in [0.1, 0.15) is 20.3 Å². The summed E-state index contributed by atoms with van der Waals surface area (Å²) in [7, 11) is 0. The molecule has 0 aromatic carbocycles. The van der Waals surface area contributed by atoms with Gasteiger partial charge in [0.2, 0.25) is 0 Å². The van der Waals surface area contributed by atoms with Gasteiger partial charge in [-0.05, 0) is 44.8 Å². The van der Waals surface area contributed by atoms with Crippen LogP contribution in [0.2, 0.25) is 0 Å². The Morgan fingerprint density at radius 2 is 1.35 bits per heavy atom. The van der Waals surface area contributed by atoms with Crippen LogP contribution in [0.4, 0.5) is 0 Å². The highest BCUT2D eigenvalue weighted by Crippen LogP contribution is 2.27. The Hall–Kier alpha value is -1.44. The van der Waals surface area contributed by atoms with E-state index in [1.165, 1.54) is 30.7 Å².